The highest BCUT2D eigenvalue weighted by atomic mass is 14.3. The van der Waals surface area contributed by atoms with Crippen molar-refractivity contribution in [3.8, 4) is 0 Å². The fourth-order valence-corrected chi connectivity index (χ4v) is 3.62. The van der Waals surface area contributed by atoms with Gasteiger partial charge >= 0.3 is 0 Å². The monoisotopic (exact) mass is 258 g/mol. The van der Waals surface area contributed by atoms with E-state index in [1.807, 2.05) is 0 Å². The summed E-state index contributed by atoms with van der Waals surface area (Å²) >= 11 is 0. The molecule has 0 amide bonds. The lowest BCUT2D eigenvalue weighted by Gasteiger charge is -2.25. The molecule has 2 aliphatic rings. The maximum atomic E-state index is 2.39. The first-order valence-electron chi connectivity index (χ1n) is 7.41. The standard InChI is InChI=1S/C20H18/c1-14-12-16-8-5-11-19(20(16)13-14)18-10-4-7-15-6-2-3-9-17(15)18/h2-4,6-10,12-13,19H,5,11H2,1H3. The van der Waals surface area contributed by atoms with Gasteiger partial charge < -0.3 is 0 Å². The summed E-state index contributed by atoms with van der Waals surface area (Å²) < 4.78 is 0. The van der Waals surface area contributed by atoms with Crippen molar-refractivity contribution in [3.63, 3.8) is 0 Å². The minimum absolute atomic E-state index is 0.551. The molecular weight excluding hydrogens is 240 g/mol. The molecule has 2 aromatic carbocycles. The van der Waals surface area contributed by atoms with E-state index in [2.05, 4.69) is 67.6 Å². The number of fused-ring (bicyclic) bond motifs is 2. The highest BCUT2D eigenvalue weighted by Crippen LogP contribution is 2.43. The summed E-state index contributed by atoms with van der Waals surface area (Å²) in [5, 5.41) is 2.76. The van der Waals surface area contributed by atoms with Crippen LogP contribution in [-0.2, 0) is 0 Å². The Morgan fingerprint density at radius 1 is 0.950 bits per heavy atom. The zero-order valence-electron chi connectivity index (χ0n) is 11.8. The molecule has 1 unspecified atom stereocenters. The largest absolute Gasteiger partial charge is 0.0769 e. The summed E-state index contributed by atoms with van der Waals surface area (Å²) in [4.78, 5) is 0. The molecule has 0 fully saturated rings. The van der Waals surface area contributed by atoms with Gasteiger partial charge in [0.05, 0.1) is 0 Å². The molecule has 1 atom stereocenters. The van der Waals surface area contributed by atoms with Gasteiger partial charge in [-0.25, -0.2) is 0 Å². The number of allylic oxidation sites excluding steroid dienone is 6. The van der Waals surface area contributed by atoms with E-state index in [1.165, 1.54) is 45.9 Å². The summed E-state index contributed by atoms with van der Waals surface area (Å²) in [7, 11) is 0. The van der Waals surface area contributed by atoms with Crippen LogP contribution in [0.2, 0.25) is 0 Å². The zero-order valence-corrected chi connectivity index (χ0v) is 11.8. The molecule has 0 bridgehead atoms. The van der Waals surface area contributed by atoms with Crippen LogP contribution in [-0.4, -0.2) is 0 Å². The molecule has 0 heteroatoms. The molecular formula is C20H18. The van der Waals surface area contributed by atoms with Crippen molar-refractivity contribution in [2.45, 2.75) is 25.7 Å². The average Bonchev–Trinajstić information content (AvgIpc) is 2.87. The summed E-state index contributed by atoms with van der Waals surface area (Å²) in [6.07, 6.45) is 9.50. The average molecular weight is 258 g/mol. The number of hydrogen-bond donors (Lipinski definition) is 0. The maximum absolute atomic E-state index is 2.39. The van der Waals surface area contributed by atoms with Gasteiger partial charge in [-0.3, -0.25) is 0 Å². The molecule has 2 aliphatic carbocycles. The predicted molar refractivity (Wildman–Crippen MR) is 85.8 cm³/mol. The van der Waals surface area contributed by atoms with Gasteiger partial charge in [0.1, 0.15) is 0 Å². The van der Waals surface area contributed by atoms with E-state index in [4.69, 9.17) is 0 Å². The lowest BCUT2D eigenvalue weighted by atomic mass is 9.79. The van der Waals surface area contributed by atoms with Crippen LogP contribution >= 0.6 is 0 Å². The van der Waals surface area contributed by atoms with Gasteiger partial charge in [0.2, 0.25) is 0 Å². The van der Waals surface area contributed by atoms with Crippen LogP contribution in [0.15, 0.2) is 77.4 Å². The molecule has 2 aromatic rings. The smallest absolute Gasteiger partial charge is 0.0104 e. The van der Waals surface area contributed by atoms with E-state index in [1.54, 1.807) is 0 Å². The van der Waals surface area contributed by atoms with E-state index >= 15 is 0 Å². The van der Waals surface area contributed by atoms with Crippen LogP contribution < -0.4 is 0 Å². The van der Waals surface area contributed by atoms with Crippen LogP contribution in [0.3, 0.4) is 0 Å². The molecule has 0 aliphatic heterocycles. The molecule has 0 N–H and O–H groups in total. The van der Waals surface area contributed by atoms with Gasteiger partial charge in [-0.15, -0.1) is 0 Å². The van der Waals surface area contributed by atoms with Gasteiger partial charge in [-0.1, -0.05) is 66.3 Å². The minimum Gasteiger partial charge on any atom is -0.0769 e. The Balaban J connectivity index is 1.88. The Bertz CT molecular complexity index is 766. The van der Waals surface area contributed by atoms with Gasteiger partial charge in [0, 0.05) is 5.92 Å². The van der Waals surface area contributed by atoms with Crippen molar-refractivity contribution in [2.24, 2.45) is 0 Å². The second-order valence-corrected chi connectivity index (χ2v) is 5.85. The third-order valence-electron chi connectivity index (χ3n) is 4.49. The highest BCUT2D eigenvalue weighted by Gasteiger charge is 2.25. The molecule has 4 rings (SSSR count). The Morgan fingerprint density at radius 2 is 1.80 bits per heavy atom. The van der Waals surface area contributed by atoms with E-state index < -0.39 is 0 Å². The molecule has 0 saturated carbocycles. The van der Waals surface area contributed by atoms with E-state index in [0.717, 1.165) is 0 Å². The Morgan fingerprint density at radius 3 is 2.75 bits per heavy atom. The second kappa shape index (κ2) is 4.49. The SMILES string of the molecule is CC1=CC2=CCCC(c3cccc4ccccc34)C2=C1. The van der Waals surface area contributed by atoms with Crippen molar-refractivity contribution < 1.29 is 0 Å². The van der Waals surface area contributed by atoms with Crippen molar-refractivity contribution in [1.29, 1.82) is 0 Å². The third-order valence-corrected chi connectivity index (χ3v) is 4.49. The molecule has 0 heterocycles. The predicted octanol–water partition coefficient (Wildman–Crippen LogP) is 5.53. The molecule has 0 saturated heterocycles. The molecule has 20 heavy (non-hydrogen) atoms. The summed E-state index contributed by atoms with van der Waals surface area (Å²) in [6.45, 7) is 2.20. The molecule has 0 radical (unpaired) electrons. The van der Waals surface area contributed by atoms with Crippen LogP contribution in [0.4, 0.5) is 0 Å². The zero-order chi connectivity index (χ0) is 13.5. The quantitative estimate of drug-likeness (QED) is 0.631. The van der Waals surface area contributed by atoms with Crippen molar-refractivity contribution >= 4 is 10.8 Å². The summed E-state index contributed by atoms with van der Waals surface area (Å²) in [5.41, 5.74) is 5.85. The van der Waals surface area contributed by atoms with Gasteiger partial charge in [-0.05, 0) is 47.2 Å². The maximum Gasteiger partial charge on any atom is 0.0104 e. The van der Waals surface area contributed by atoms with Gasteiger partial charge in [0.25, 0.3) is 0 Å². The van der Waals surface area contributed by atoms with Crippen LogP contribution in [0.5, 0.6) is 0 Å². The van der Waals surface area contributed by atoms with Crippen LogP contribution in [0, 0.1) is 0 Å². The lowest BCUT2D eigenvalue weighted by Crippen LogP contribution is -2.07. The number of hydrogen-bond acceptors (Lipinski definition) is 0. The van der Waals surface area contributed by atoms with Gasteiger partial charge in [0.15, 0.2) is 0 Å². The second-order valence-electron chi connectivity index (χ2n) is 5.85. The van der Waals surface area contributed by atoms with E-state index in [0.29, 0.717) is 5.92 Å². The minimum atomic E-state index is 0.551. The van der Waals surface area contributed by atoms with Gasteiger partial charge in [-0.2, -0.15) is 0 Å². The summed E-state index contributed by atoms with van der Waals surface area (Å²) in [5.74, 6) is 0.551. The fraction of sp³-hybridized carbons (Fsp3) is 0.200. The Labute approximate surface area is 120 Å². The van der Waals surface area contributed by atoms with Crippen molar-refractivity contribution in [3.05, 3.63) is 83.0 Å². The first-order chi connectivity index (χ1) is 9.83. The molecule has 98 valence electrons. The molecule has 0 nitrogen and oxygen atoms in total. The third kappa shape index (κ3) is 1.76. The first-order valence-corrected chi connectivity index (χ1v) is 7.41. The first kappa shape index (κ1) is 11.7. The highest BCUT2D eigenvalue weighted by molar-refractivity contribution is 5.87. The van der Waals surface area contributed by atoms with Crippen molar-refractivity contribution in [2.75, 3.05) is 0 Å². The topological polar surface area (TPSA) is 0 Å². The Kier molecular flexibility index (Phi) is 2.63. The molecule has 0 spiro atoms. The number of rotatable bonds is 1. The van der Waals surface area contributed by atoms with Crippen molar-refractivity contribution in [1.82, 2.24) is 0 Å². The Hall–Kier alpha value is -2.08. The van der Waals surface area contributed by atoms with E-state index in [-0.39, 0.29) is 0 Å². The molecule has 0 aromatic heterocycles. The fourth-order valence-electron chi connectivity index (χ4n) is 3.62. The number of benzene rings is 2. The van der Waals surface area contributed by atoms with E-state index in [9.17, 15) is 0 Å². The van der Waals surface area contributed by atoms with Crippen LogP contribution in [0.25, 0.3) is 10.8 Å². The normalized spacial score (nSPS) is 21.2. The van der Waals surface area contributed by atoms with Crippen LogP contribution in [0.1, 0.15) is 31.2 Å². The summed E-state index contributed by atoms with van der Waals surface area (Å²) in [6, 6.07) is 15.5. The lowest BCUT2D eigenvalue weighted by molar-refractivity contribution is 0.705.